The topological polar surface area (TPSA) is 189 Å². The van der Waals surface area contributed by atoms with E-state index in [-0.39, 0.29) is 0 Å². The van der Waals surface area contributed by atoms with Crippen LogP contribution in [0.5, 0.6) is 0 Å². The first kappa shape index (κ1) is 20.9. The van der Waals surface area contributed by atoms with Crippen molar-refractivity contribution in [3.05, 3.63) is 20.6 Å². The van der Waals surface area contributed by atoms with E-state index in [4.69, 9.17) is 24.5 Å². The zero-order valence-electron chi connectivity index (χ0n) is 14.0. The molecule has 0 N–H and O–H groups in total. The van der Waals surface area contributed by atoms with E-state index in [0.717, 1.165) is 20.8 Å². The summed E-state index contributed by atoms with van der Waals surface area (Å²) < 4.78 is 20.1. The molecule has 1 heterocycles. The Bertz CT molecular complexity index is 619. The van der Waals surface area contributed by atoms with Crippen LogP contribution in [0.15, 0.2) is 5.11 Å². The van der Waals surface area contributed by atoms with Crippen LogP contribution < -0.4 is 0 Å². The molecule has 1 fully saturated rings. The van der Waals surface area contributed by atoms with Crippen LogP contribution in [0.4, 0.5) is 0 Å². The van der Waals surface area contributed by atoms with Gasteiger partial charge in [0.25, 0.3) is 5.09 Å². The van der Waals surface area contributed by atoms with Gasteiger partial charge in [-0.15, -0.1) is 10.1 Å². The molecule has 0 aromatic carbocycles. The Morgan fingerprint density at radius 1 is 1.15 bits per heavy atom. The van der Waals surface area contributed by atoms with E-state index in [1.165, 1.54) is 0 Å². The van der Waals surface area contributed by atoms with Crippen molar-refractivity contribution < 1.29 is 43.3 Å². The third kappa shape index (κ3) is 6.07. The Morgan fingerprint density at radius 3 is 2.19 bits per heavy atom. The third-order valence-electron chi connectivity index (χ3n) is 3.04. The average molecular weight is 376 g/mol. The summed E-state index contributed by atoms with van der Waals surface area (Å²) in [6.07, 6.45) is -5.94. The first-order chi connectivity index (χ1) is 12.1. The standard InChI is InChI=1S/C12H16N4O10/c1-5(17)22-4-8-10(23-6(2)18)11(24-7(3)19)9(14-15-13)12(25-8)26-16(20)21/h8-12H,4H2,1-3H3/t8?,9?,10-,11+,12?/m0/s1. The lowest BCUT2D eigenvalue weighted by Crippen LogP contribution is -2.61. The first-order valence-corrected chi connectivity index (χ1v) is 7.14. The highest BCUT2D eigenvalue weighted by Crippen LogP contribution is 2.29. The summed E-state index contributed by atoms with van der Waals surface area (Å²) in [5, 5.41) is 12.8. The molecule has 0 amide bonds. The molecule has 26 heavy (non-hydrogen) atoms. The van der Waals surface area contributed by atoms with Crippen LogP contribution in [0.1, 0.15) is 20.8 Å². The Morgan fingerprint density at radius 2 is 1.73 bits per heavy atom. The van der Waals surface area contributed by atoms with Crippen LogP contribution >= 0.6 is 0 Å². The van der Waals surface area contributed by atoms with E-state index in [9.17, 15) is 24.5 Å². The summed E-state index contributed by atoms with van der Waals surface area (Å²) in [5.74, 6) is -2.36. The number of azide groups is 1. The highest BCUT2D eigenvalue weighted by atomic mass is 17.0. The monoisotopic (exact) mass is 376 g/mol. The van der Waals surface area contributed by atoms with E-state index >= 15 is 0 Å². The largest absolute Gasteiger partial charge is 0.463 e. The van der Waals surface area contributed by atoms with Crippen molar-refractivity contribution in [3.63, 3.8) is 0 Å². The molecule has 1 rings (SSSR count). The number of hydrogen-bond acceptors (Lipinski definition) is 11. The van der Waals surface area contributed by atoms with E-state index in [0.29, 0.717) is 0 Å². The van der Waals surface area contributed by atoms with Gasteiger partial charge >= 0.3 is 17.9 Å². The fraction of sp³-hybridized carbons (Fsp3) is 0.750. The Kier molecular flexibility index (Phi) is 7.55. The van der Waals surface area contributed by atoms with Gasteiger partial charge in [-0.3, -0.25) is 19.2 Å². The molecular weight excluding hydrogens is 360 g/mol. The second-order valence-corrected chi connectivity index (χ2v) is 5.02. The van der Waals surface area contributed by atoms with Gasteiger partial charge in [-0.05, 0) is 5.53 Å². The lowest BCUT2D eigenvalue weighted by atomic mass is 9.97. The highest BCUT2D eigenvalue weighted by Gasteiger charge is 2.51. The van der Waals surface area contributed by atoms with Crippen LogP contribution in [0.25, 0.3) is 10.4 Å². The van der Waals surface area contributed by atoms with E-state index in [1.54, 1.807) is 0 Å². The predicted molar refractivity (Wildman–Crippen MR) is 77.4 cm³/mol. The number of carbonyl (C=O) groups is 3. The van der Waals surface area contributed by atoms with Gasteiger partial charge in [0.05, 0.1) is 0 Å². The smallest absolute Gasteiger partial charge is 0.303 e. The van der Waals surface area contributed by atoms with Crippen LogP contribution in [-0.4, -0.2) is 60.2 Å². The van der Waals surface area contributed by atoms with E-state index < -0.39 is 60.2 Å². The number of rotatable bonds is 7. The third-order valence-corrected chi connectivity index (χ3v) is 3.04. The van der Waals surface area contributed by atoms with Crippen molar-refractivity contribution in [1.82, 2.24) is 0 Å². The Labute approximate surface area is 146 Å². The van der Waals surface area contributed by atoms with Gasteiger partial charge in [0.15, 0.2) is 12.2 Å². The maximum atomic E-state index is 11.4. The lowest BCUT2D eigenvalue weighted by molar-refractivity contribution is -0.783. The van der Waals surface area contributed by atoms with Crippen LogP contribution in [0.3, 0.4) is 0 Å². The minimum Gasteiger partial charge on any atom is -0.463 e. The molecule has 14 heteroatoms. The first-order valence-electron chi connectivity index (χ1n) is 7.14. The molecule has 14 nitrogen and oxygen atoms in total. The quantitative estimate of drug-likeness (QED) is 0.111. The molecule has 0 spiro atoms. The van der Waals surface area contributed by atoms with Crippen LogP contribution in [0.2, 0.25) is 0 Å². The van der Waals surface area contributed by atoms with Crippen molar-refractivity contribution >= 4 is 17.9 Å². The molecule has 3 unspecified atom stereocenters. The molecular formula is C12H16N4O10. The summed E-state index contributed by atoms with van der Waals surface area (Å²) in [6.45, 7) is 2.68. The SMILES string of the molecule is CC(=O)OCC1OC(O[N+](=O)[O-])C(N=[N+]=[N-])[C@@H](OC(C)=O)[C@H]1OC(C)=O. The second-order valence-electron chi connectivity index (χ2n) is 5.02. The fourth-order valence-corrected chi connectivity index (χ4v) is 2.24. The van der Waals surface area contributed by atoms with Crippen LogP contribution in [0, 0.1) is 10.1 Å². The molecule has 0 aromatic heterocycles. The summed E-state index contributed by atoms with van der Waals surface area (Å²) >= 11 is 0. The Hall–Kier alpha value is -3.12. The molecule has 1 aliphatic rings. The van der Waals surface area contributed by atoms with Gasteiger partial charge in [-0.25, -0.2) is 0 Å². The predicted octanol–water partition coefficient (Wildman–Crippen LogP) is 0.0250. The molecule has 1 aliphatic heterocycles. The maximum absolute atomic E-state index is 11.4. The van der Waals surface area contributed by atoms with Crippen molar-refractivity contribution in [2.24, 2.45) is 5.11 Å². The van der Waals surface area contributed by atoms with Crippen molar-refractivity contribution in [3.8, 4) is 0 Å². The van der Waals surface area contributed by atoms with Crippen molar-refractivity contribution in [2.75, 3.05) is 6.61 Å². The highest BCUT2D eigenvalue weighted by molar-refractivity contribution is 5.68. The molecule has 0 bridgehead atoms. The zero-order chi connectivity index (χ0) is 19.9. The van der Waals surface area contributed by atoms with Crippen molar-refractivity contribution in [1.29, 1.82) is 0 Å². The summed E-state index contributed by atoms with van der Waals surface area (Å²) in [6, 6.07) is -1.55. The van der Waals surface area contributed by atoms with Gasteiger partial charge in [0, 0.05) is 25.7 Å². The minimum absolute atomic E-state index is 0.494. The van der Waals surface area contributed by atoms with Crippen LogP contribution in [-0.2, 0) is 38.2 Å². The molecule has 144 valence electrons. The fourth-order valence-electron chi connectivity index (χ4n) is 2.24. The van der Waals surface area contributed by atoms with E-state index in [1.807, 2.05) is 0 Å². The number of hydrogen-bond donors (Lipinski definition) is 0. The zero-order valence-corrected chi connectivity index (χ0v) is 14.0. The molecule has 0 saturated carbocycles. The summed E-state index contributed by atoms with van der Waals surface area (Å²) in [7, 11) is 0. The molecule has 0 aromatic rings. The van der Waals surface area contributed by atoms with Gasteiger partial charge < -0.3 is 18.9 Å². The maximum Gasteiger partial charge on any atom is 0.303 e. The summed E-state index contributed by atoms with van der Waals surface area (Å²) in [5.41, 5.74) is 8.69. The number of carbonyl (C=O) groups excluding carboxylic acids is 3. The van der Waals surface area contributed by atoms with E-state index in [2.05, 4.69) is 14.9 Å². The lowest BCUT2D eigenvalue weighted by Gasteiger charge is -2.42. The number of ether oxygens (including phenoxy) is 4. The average Bonchev–Trinajstić information content (AvgIpc) is 2.49. The second kappa shape index (κ2) is 9.39. The minimum atomic E-state index is -1.79. The molecule has 5 atom stereocenters. The summed E-state index contributed by atoms with van der Waals surface area (Å²) in [4.78, 5) is 51.3. The molecule has 1 saturated heterocycles. The van der Waals surface area contributed by atoms with Gasteiger partial charge in [-0.1, -0.05) is 5.11 Å². The number of esters is 3. The van der Waals surface area contributed by atoms with Crippen molar-refractivity contribution in [2.45, 2.75) is 51.4 Å². The number of nitrogens with zero attached hydrogens (tertiary/aromatic N) is 4. The normalized spacial score (nSPS) is 27.4. The molecule has 0 radical (unpaired) electrons. The van der Waals surface area contributed by atoms with Gasteiger partial charge in [0.1, 0.15) is 18.8 Å². The molecule has 0 aliphatic carbocycles. The Balaban J connectivity index is 3.28. The van der Waals surface area contributed by atoms with Gasteiger partial charge in [-0.2, -0.15) is 0 Å². The van der Waals surface area contributed by atoms with Gasteiger partial charge in [0.2, 0.25) is 6.29 Å².